The van der Waals surface area contributed by atoms with Gasteiger partial charge in [0.2, 0.25) is 5.91 Å². The number of thiazole rings is 1. The molecule has 0 radical (unpaired) electrons. The van der Waals surface area contributed by atoms with Crippen LogP contribution < -0.4 is 9.54 Å². The quantitative estimate of drug-likeness (QED) is 0.503. The summed E-state index contributed by atoms with van der Waals surface area (Å²) >= 11 is 4.96. The van der Waals surface area contributed by atoms with Crippen LogP contribution in [0.3, 0.4) is 0 Å². The van der Waals surface area contributed by atoms with Crippen molar-refractivity contribution in [2.45, 2.75) is 29.7 Å². The molecular weight excluding hydrogens is 396 g/mol. The Labute approximate surface area is 171 Å². The van der Waals surface area contributed by atoms with Crippen LogP contribution in [0.5, 0.6) is 5.75 Å². The first-order valence-corrected chi connectivity index (χ1v) is 11.7. The van der Waals surface area contributed by atoms with Crippen LogP contribution in [0.2, 0.25) is 0 Å². The molecule has 0 saturated carbocycles. The summed E-state index contributed by atoms with van der Waals surface area (Å²) in [6.45, 7) is 2.88. The minimum atomic E-state index is -0.0742. The monoisotopic (exact) mass is 418 g/mol. The van der Waals surface area contributed by atoms with Gasteiger partial charge in [-0.25, -0.2) is 0 Å². The fourth-order valence-electron chi connectivity index (χ4n) is 2.66. The molecule has 4 nitrogen and oxygen atoms in total. The summed E-state index contributed by atoms with van der Waals surface area (Å²) in [5, 5.41) is 0. The maximum Gasteiger partial charge on any atom is 0.249 e. The van der Waals surface area contributed by atoms with Crippen LogP contribution in [0, 0.1) is 0 Å². The summed E-state index contributed by atoms with van der Waals surface area (Å²) in [7, 11) is 1.65. The van der Waals surface area contributed by atoms with Crippen LogP contribution in [0.4, 0.5) is 0 Å². The predicted octanol–water partition coefficient (Wildman–Crippen LogP) is 5.06. The highest BCUT2D eigenvalue weighted by atomic mass is 32.2. The fourth-order valence-corrected chi connectivity index (χ4v) is 5.17. The van der Waals surface area contributed by atoms with E-state index in [1.54, 1.807) is 42.0 Å². The van der Waals surface area contributed by atoms with E-state index >= 15 is 0 Å². The van der Waals surface area contributed by atoms with Crippen molar-refractivity contribution in [2.75, 3.05) is 19.1 Å². The Balaban J connectivity index is 1.70. The first kappa shape index (κ1) is 20.0. The molecule has 27 heavy (non-hydrogen) atoms. The van der Waals surface area contributed by atoms with E-state index in [9.17, 15) is 4.79 Å². The number of hydrogen-bond acceptors (Lipinski definition) is 5. The van der Waals surface area contributed by atoms with Crippen LogP contribution in [0.1, 0.15) is 13.3 Å². The van der Waals surface area contributed by atoms with E-state index in [4.69, 9.17) is 4.74 Å². The summed E-state index contributed by atoms with van der Waals surface area (Å²) < 4.78 is 8.44. The maximum absolute atomic E-state index is 12.4. The number of benzene rings is 2. The van der Waals surface area contributed by atoms with Gasteiger partial charge in [0.15, 0.2) is 4.80 Å². The van der Waals surface area contributed by atoms with E-state index in [2.05, 4.69) is 40.9 Å². The number of carbonyl (C=O) groups is 1. The average molecular weight is 419 g/mol. The largest absolute Gasteiger partial charge is 0.497 e. The van der Waals surface area contributed by atoms with E-state index in [1.165, 1.54) is 9.60 Å². The SMILES string of the molecule is CCn1c(=NC(=O)CCSc2ccc(OC)cc2)sc2cc(SC)ccc21. The van der Waals surface area contributed by atoms with Gasteiger partial charge in [0.25, 0.3) is 0 Å². The van der Waals surface area contributed by atoms with Gasteiger partial charge >= 0.3 is 0 Å². The summed E-state index contributed by atoms with van der Waals surface area (Å²) in [4.78, 5) is 19.9. The number of fused-ring (bicyclic) bond motifs is 1. The van der Waals surface area contributed by atoms with E-state index in [0.717, 1.165) is 27.5 Å². The highest BCUT2D eigenvalue weighted by molar-refractivity contribution is 7.99. The molecule has 0 aliphatic rings. The lowest BCUT2D eigenvalue weighted by Gasteiger charge is -2.02. The van der Waals surface area contributed by atoms with Gasteiger partial charge in [-0.15, -0.1) is 23.5 Å². The topological polar surface area (TPSA) is 43.6 Å². The van der Waals surface area contributed by atoms with Gasteiger partial charge in [0.05, 0.1) is 17.3 Å². The number of rotatable bonds is 7. The van der Waals surface area contributed by atoms with Crippen molar-refractivity contribution in [3.8, 4) is 5.75 Å². The number of aryl methyl sites for hydroxylation is 1. The van der Waals surface area contributed by atoms with E-state index < -0.39 is 0 Å². The second-order valence-corrected chi connectivity index (χ2v) is 8.80. The Hall–Kier alpha value is -1.70. The third kappa shape index (κ3) is 4.97. The molecule has 0 unspecified atom stereocenters. The molecule has 142 valence electrons. The van der Waals surface area contributed by atoms with Crippen molar-refractivity contribution in [3.05, 3.63) is 47.3 Å². The van der Waals surface area contributed by atoms with Gasteiger partial charge in [0.1, 0.15) is 5.75 Å². The summed E-state index contributed by atoms with van der Waals surface area (Å²) in [6.07, 6.45) is 2.49. The standard InChI is InChI=1S/C20H22N2O2S3/c1-4-22-17-10-9-16(25-3)13-18(17)27-20(22)21-19(23)11-12-26-15-7-5-14(24-2)6-8-15/h5-10,13H,4,11-12H2,1-3H3. The fraction of sp³-hybridized carbons (Fsp3) is 0.300. The molecule has 1 aromatic heterocycles. The lowest BCUT2D eigenvalue weighted by Crippen LogP contribution is -2.15. The highest BCUT2D eigenvalue weighted by Crippen LogP contribution is 2.24. The molecule has 0 fully saturated rings. The Kier molecular flexibility index (Phi) is 7.04. The summed E-state index contributed by atoms with van der Waals surface area (Å²) in [5.74, 6) is 1.47. The molecule has 0 bridgehead atoms. The minimum absolute atomic E-state index is 0.0742. The van der Waals surface area contributed by atoms with Crippen LogP contribution in [-0.2, 0) is 11.3 Å². The van der Waals surface area contributed by atoms with Crippen molar-refractivity contribution < 1.29 is 9.53 Å². The van der Waals surface area contributed by atoms with E-state index in [1.807, 2.05) is 24.3 Å². The van der Waals surface area contributed by atoms with Crippen LogP contribution in [0.25, 0.3) is 10.2 Å². The second kappa shape index (κ2) is 9.48. The molecule has 0 spiro atoms. The van der Waals surface area contributed by atoms with Crippen molar-refractivity contribution in [2.24, 2.45) is 4.99 Å². The van der Waals surface area contributed by atoms with E-state index in [-0.39, 0.29) is 5.91 Å². The predicted molar refractivity (Wildman–Crippen MR) is 116 cm³/mol. The maximum atomic E-state index is 12.4. The minimum Gasteiger partial charge on any atom is -0.497 e. The van der Waals surface area contributed by atoms with Crippen molar-refractivity contribution in [3.63, 3.8) is 0 Å². The van der Waals surface area contributed by atoms with Gasteiger partial charge in [-0.1, -0.05) is 11.3 Å². The zero-order valence-corrected chi connectivity index (χ0v) is 18.0. The van der Waals surface area contributed by atoms with Crippen molar-refractivity contribution in [1.29, 1.82) is 0 Å². The first-order valence-electron chi connectivity index (χ1n) is 8.66. The molecule has 0 atom stereocenters. The molecule has 3 rings (SSSR count). The third-order valence-corrected chi connectivity index (χ3v) is 6.85. The number of hydrogen-bond donors (Lipinski definition) is 0. The molecule has 0 N–H and O–H groups in total. The number of aromatic nitrogens is 1. The normalized spacial score (nSPS) is 11.9. The average Bonchev–Trinajstić information content (AvgIpc) is 3.04. The van der Waals surface area contributed by atoms with Gasteiger partial charge in [-0.05, 0) is 55.6 Å². The van der Waals surface area contributed by atoms with Crippen molar-refractivity contribution >= 4 is 51.0 Å². The van der Waals surface area contributed by atoms with Crippen LogP contribution >= 0.6 is 34.9 Å². The number of amides is 1. The summed E-state index contributed by atoms with van der Waals surface area (Å²) in [6, 6.07) is 14.3. The Morgan fingerprint density at radius 3 is 2.59 bits per heavy atom. The molecule has 0 aliphatic carbocycles. The molecule has 1 amide bonds. The molecule has 1 heterocycles. The molecule has 3 aromatic rings. The molecule has 0 aliphatic heterocycles. The zero-order valence-electron chi connectivity index (χ0n) is 15.6. The van der Waals surface area contributed by atoms with Crippen molar-refractivity contribution in [1.82, 2.24) is 4.57 Å². The number of ether oxygens (including phenoxy) is 1. The second-order valence-electron chi connectivity index (χ2n) is 5.74. The van der Waals surface area contributed by atoms with Crippen LogP contribution in [0.15, 0.2) is 57.2 Å². The Bertz CT molecular complexity index is 991. The third-order valence-electron chi connectivity index (χ3n) is 4.07. The molecular formula is C20H22N2O2S3. The van der Waals surface area contributed by atoms with E-state index in [0.29, 0.717) is 12.2 Å². The van der Waals surface area contributed by atoms with Gasteiger partial charge < -0.3 is 9.30 Å². The van der Waals surface area contributed by atoms with Gasteiger partial charge in [0, 0.05) is 28.5 Å². The smallest absolute Gasteiger partial charge is 0.249 e. The Morgan fingerprint density at radius 1 is 1.19 bits per heavy atom. The number of thioether (sulfide) groups is 2. The number of nitrogens with zero attached hydrogens (tertiary/aromatic N) is 2. The number of carbonyl (C=O) groups excluding carboxylic acids is 1. The zero-order chi connectivity index (χ0) is 19.2. The van der Waals surface area contributed by atoms with Gasteiger partial charge in [-0.2, -0.15) is 4.99 Å². The highest BCUT2D eigenvalue weighted by Gasteiger charge is 2.08. The molecule has 2 aromatic carbocycles. The summed E-state index contributed by atoms with van der Waals surface area (Å²) in [5.41, 5.74) is 1.14. The lowest BCUT2D eigenvalue weighted by molar-refractivity contribution is -0.117. The number of methoxy groups -OCH3 is 1. The Morgan fingerprint density at radius 2 is 1.93 bits per heavy atom. The first-order chi connectivity index (χ1) is 13.1. The van der Waals surface area contributed by atoms with Crippen LogP contribution in [-0.4, -0.2) is 29.6 Å². The van der Waals surface area contributed by atoms with Gasteiger partial charge in [-0.3, -0.25) is 4.79 Å². The molecule has 7 heteroatoms. The lowest BCUT2D eigenvalue weighted by atomic mass is 10.3. The molecule has 0 saturated heterocycles.